The van der Waals surface area contributed by atoms with Crippen molar-refractivity contribution in [2.75, 3.05) is 39.3 Å². The average Bonchev–Trinajstić information content (AvgIpc) is 4.10. The molecule has 0 bridgehead atoms. The first-order chi connectivity index (χ1) is 32.1. The van der Waals surface area contributed by atoms with Gasteiger partial charge in [-0.2, -0.15) is 0 Å². The van der Waals surface area contributed by atoms with E-state index in [1.165, 1.54) is 22.3 Å². The van der Waals surface area contributed by atoms with Crippen molar-refractivity contribution >= 4 is 65.0 Å². The summed E-state index contributed by atoms with van der Waals surface area (Å²) in [4.78, 5) is 151. The monoisotopic (exact) mass is 962 g/mol. The number of hydrogen-bond donors (Lipinski definition) is 13. The molecule has 3 rings (SSSR count). The van der Waals surface area contributed by atoms with Crippen LogP contribution in [0.1, 0.15) is 77.8 Å². The van der Waals surface area contributed by atoms with Crippen molar-refractivity contribution < 1.29 is 63.0 Å². The van der Waals surface area contributed by atoms with Crippen molar-refractivity contribution in [2.24, 2.45) is 23.1 Å². The Balaban J connectivity index is 1.51. The first-order valence-electron chi connectivity index (χ1n) is 22.4. The fraction of sp³-hybridized carbons (Fsp3) is 0.659. The SMILES string of the molecule is CC(C)[C@H](NC(=O)[C@@H](N)CCCCN)C(=O)NCC(=O)N[C@@H](CC(N)=O)C(=O)N[C@H](C(=O)NCC(=O)NCC(=O)N1CCC[C@H]1C(=O)N1CCC[C@H]1C(=O)N[C@@H](Cc1cnc[nH]1)C(=O)O)[C@@H](C)O. The molecule has 8 atom stereocenters. The summed E-state index contributed by atoms with van der Waals surface area (Å²) in [5.74, 6) is -9.89. The second kappa shape index (κ2) is 27.2. The van der Waals surface area contributed by atoms with Crippen LogP contribution in [0.25, 0.3) is 0 Å². The summed E-state index contributed by atoms with van der Waals surface area (Å²) < 4.78 is 0. The van der Waals surface area contributed by atoms with Crippen molar-refractivity contribution in [1.82, 2.24) is 57.0 Å². The number of aliphatic carboxylic acids is 1. The highest BCUT2D eigenvalue weighted by molar-refractivity contribution is 5.98. The average molecular weight is 963 g/mol. The quantitative estimate of drug-likeness (QED) is 0.0365. The van der Waals surface area contributed by atoms with Gasteiger partial charge in [0.05, 0.1) is 44.5 Å². The van der Waals surface area contributed by atoms with Crippen LogP contribution in [-0.2, 0) is 59.2 Å². The maximum Gasteiger partial charge on any atom is 0.326 e. The molecule has 0 aromatic carbocycles. The minimum atomic E-state index is -1.74. The van der Waals surface area contributed by atoms with E-state index in [9.17, 15) is 63.0 Å². The molecular formula is C41H66N14O13. The third-order valence-electron chi connectivity index (χ3n) is 11.2. The van der Waals surface area contributed by atoms with Crippen molar-refractivity contribution in [3.8, 4) is 0 Å². The molecule has 16 N–H and O–H groups in total. The number of aromatic amines is 1. The fourth-order valence-corrected chi connectivity index (χ4v) is 7.54. The number of nitrogens with two attached hydrogens (primary N) is 3. The van der Waals surface area contributed by atoms with Gasteiger partial charge < -0.3 is 79.4 Å². The second-order valence-corrected chi connectivity index (χ2v) is 17.0. The van der Waals surface area contributed by atoms with Crippen molar-refractivity contribution in [3.63, 3.8) is 0 Å². The highest BCUT2D eigenvalue weighted by atomic mass is 16.4. The van der Waals surface area contributed by atoms with Gasteiger partial charge in [-0.15, -0.1) is 0 Å². The number of imidazole rings is 1. The number of carbonyl (C=O) groups excluding carboxylic acids is 10. The van der Waals surface area contributed by atoms with Crippen LogP contribution < -0.4 is 54.4 Å². The number of unbranched alkanes of at least 4 members (excludes halogenated alkanes) is 1. The number of nitrogens with zero attached hydrogens (tertiary/aromatic N) is 3. The van der Waals surface area contributed by atoms with Crippen molar-refractivity contribution in [1.29, 1.82) is 0 Å². The second-order valence-electron chi connectivity index (χ2n) is 17.0. The predicted octanol–water partition coefficient (Wildman–Crippen LogP) is -6.32. The number of rotatable bonds is 27. The van der Waals surface area contributed by atoms with Gasteiger partial charge in [0.15, 0.2) is 0 Å². The molecule has 378 valence electrons. The van der Waals surface area contributed by atoms with Gasteiger partial charge in [-0.1, -0.05) is 20.3 Å². The lowest BCUT2D eigenvalue weighted by Crippen LogP contribution is -2.59. The first kappa shape index (κ1) is 55.6. The molecule has 0 radical (unpaired) electrons. The minimum absolute atomic E-state index is 0.0660. The highest BCUT2D eigenvalue weighted by Gasteiger charge is 2.43. The van der Waals surface area contributed by atoms with Gasteiger partial charge in [-0.05, 0) is 57.9 Å². The van der Waals surface area contributed by atoms with Gasteiger partial charge in [0.1, 0.15) is 36.3 Å². The summed E-state index contributed by atoms with van der Waals surface area (Å²) in [5.41, 5.74) is 17.2. The van der Waals surface area contributed by atoms with Crippen LogP contribution in [0.3, 0.4) is 0 Å². The van der Waals surface area contributed by atoms with Crippen LogP contribution in [0, 0.1) is 5.92 Å². The van der Waals surface area contributed by atoms with Crippen LogP contribution in [-0.4, -0.2) is 183 Å². The molecule has 10 amide bonds. The topological polar surface area (TPSA) is 426 Å². The standard InChI is InChI=1S/C41H66N14O13/c1-21(2)33(52-35(61)24(43)8-4-5-11-42)38(64)48-18-31(59)50-25(15-29(44)57)36(62)53-34(22(3)56)39(65)47-17-30(58)46-19-32(60)54-12-7-10-28(54)40(66)55-13-6-9-27(55)37(63)51-26(41(67)68)14-23-16-45-20-49-23/h16,20-22,24-28,33-34,56H,4-15,17-19,42-43H2,1-3H3,(H2,44,57)(H,45,49)(H,46,58)(H,47,65)(H,48,64)(H,50,59)(H,51,63)(H,52,61)(H,53,62)(H,67,68)/t22-,24+,25+,26+,27+,28+,33+,34+/m1/s1. The molecular weight excluding hydrogens is 897 g/mol. The van der Waals surface area contributed by atoms with E-state index < -0.39 is 145 Å². The number of H-pyrrole nitrogens is 1. The molecule has 1 aromatic heterocycles. The molecule has 0 saturated carbocycles. The molecule has 2 aliphatic heterocycles. The Hall–Kier alpha value is -6.74. The lowest BCUT2D eigenvalue weighted by atomic mass is 10.0. The summed E-state index contributed by atoms with van der Waals surface area (Å²) in [5, 5.41) is 36.4. The van der Waals surface area contributed by atoms with Crippen LogP contribution >= 0.6 is 0 Å². The summed E-state index contributed by atoms with van der Waals surface area (Å²) in [7, 11) is 0. The normalized spacial score (nSPS) is 18.2. The number of primary amides is 1. The largest absolute Gasteiger partial charge is 0.480 e. The number of carboxylic acids is 1. The van der Waals surface area contributed by atoms with Gasteiger partial charge in [-0.25, -0.2) is 9.78 Å². The van der Waals surface area contributed by atoms with E-state index >= 15 is 0 Å². The third-order valence-corrected chi connectivity index (χ3v) is 11.2. The van der Waals surface area contributed by atoms with E-state index in [0.29, 0.717) is 44.3 Å². The lowest BCUT2D eigenvalue weighted by Gasteiger charge is -2.31. The van der Waals surface area contributed by atoms with Crippen molar-refractivity contribution in [2.45, 2.75) is 127 Å². The lowest BCUT2D eigenvalue weighted by molar-refractivity contribution is -0.147. The van der Waals surface area contributed by atoms with E-state index in [1.807, 2.05) is 0 Å². The Morgan fingerprint density at radius 2 is 1.38 bits per heavy atom. The number of likely N-dealkylation sites (tertiary alicyclic amines) is 2. The van der Waals surface area contributed by atoms with E-state index in [1.54, 1.807) is 13.8 Å². The maximum atomic E-state index is 13.7. The Bertz CT molecular complexity index is 1970. The Morgan fingerprint density at radius 1 is 0.765 bits per heavy atom. The van der Waals surface area contributed by atoms with Crippen molar-refractivity contribution in [3.05, 3.63) is 18.2 Å². The molecule has 2 fully saturated rings. The van der Waals surface area contributed by atoms with Crippen LogP contribution in [0.2, 0.25) is 0 Å². The summed E-state index contributed by atoms with van der Waals surface area (Å²) in [6.45, 7) is 3.21. The summed E-state index contributed by atoms with van der Waals surface area (Å²) >= 11 is 0. The first-order valence-corrected chi connectivity index (χ1v) is 22.4. The molecule has 27 heteroatoms. The number of carbonyl (C=O) groups is 11. The Kier molecular flexibility index (Phi) is 22.2. The molecule has 0 aliphatic carbocycles. The van der Waals surface area contributed by atoms with Gasteiger partial charge >= 0.3 is 5.97 Å². The zero-order valence-electron chi connectivity index (χ0n) is 38.4. The molecule has 68 heavy (non-hydrogen) atoms. The fourth-order valence-electron chi connectivity index (χ4n) is 7.54. The molecule has 1 aromatic rings. The Morgan fingerprint density at radius 3 is 1.97 bits per heavy atom. The van der Waals surface area contributed by atoms with Crippen LogP contribution in [0.15, 0.2) is 12.5 Å². The number of amides is 10. The molecule has 0 spiro atoms. The molecule has 2 saturated heterocycles. The smallest absolute Gasteiger partial charge is 0.326 e. The zero-order valence-corrected chi connectivity index (χ0v) is 38.4. The number of carboxylic acid groups (broad SMARTS) is 1. The molecule has 3 heterocycles. The van der Waals surface area contributed by atoms with E-state index in [0.717, 1.165) is 6.92 Å². The predicted molar refractivity (Wildman–Crippen MR) is 237 cm³/mol. The maximum absolute atomic E-state index is 13.7. The highest BCUT2D eigenvalue weighted by Crippen LogP contribution is 2.25. The van der Waals surface area contributed by atoms with Gasteiger partial charge in [-0.3, -0.25) is 47.9 Å². The molecule has 2 aliphatic rings. The van der Waals surface area contributed by atoms with E-state index in [-0.39, 0.29) is 32.4 Å². The van der Waals surface area contributed by atoms with Crippen LogP contribution in [0.4, 0.5) is 0 Å². The van der Waals surface area contributed by atoms with Crippen LogP contribution in [0.5, 0.6) is 0 Å². The van der Waals surface area contributed by atoms with Gasteiger partial charge in [0.25, 0.3) is 0 Å². The summed E-state index contributed by atoms with van der Waals surface area (Å²) in [6.07, 6.45) is 3.45. The molecule has 0 unspecified atom stereocenters. The Labute approximate surface area is 391 Å². The number of hydrogen-bond acceptors (Lipinski definition) is 15. The summed E-state index contributed by atoms with van der Waals surface area (Å²) in [6, 6.07) is -8.62. The molecule has 27 nitrogen and oxygen atoms in total. The van der Waals surface area contributed by atoms with Gasteiger partial charge in [0, 0.05) is 31.4 Å². The number of aliphatic hydroxyl groups excluding tert-OH is 1. The zero-order chi connectivity index (χ0) is 50.7. The number of aliphatic hydroxyl groups is 1. The minimum Gasteiger partial charge on any atom is -0.480 e. The van der Waals surface area contributed by atoms with E-state index in [4.69, 9.17) is 17.2 Å². The van der Waals surface area contributed by atoms with Gasteiger partial charge in [0.2, 0.25) is 59.1 Å². The number of aromatic nitrogens is 2. The van der Waals surface area contributed by atoms with E-state index in [2.05, 4.69) is 47.2 Å². The third kappa shape index (κ3) is 17.2. The number of nitrogens with one attached hydrogen (secondary N) is 8.